The Morgan fingerprint density at radius 1 is 1.35 bits per heavy atom. The van der Waals surface area contributed by atoms with E-state index in [4.69, 9.17) is 4.74 Å². The van der Waals surface area contributed by atoms with Crippen LogP contribution in [-0.2, 0) is 4.74 Å². The average molecular weight is 240 g/mol. The zero-order chi connectivity index (χ0) is 12.5. The molecule has 0 aliphatic carbocycles. The largest absolute Gasteiger partial charge is 0.380 e. The van der Waals surface area contributed by atoms with E-state index in [0.29, 0.717) is 0 Å². The van der Waals surface area contributed by atoms with E-state index in [9.17, 15) is 4.39 Å². The van der Waals surface area contributed by atoms with Crippen molar-refractivity contribution < 1.29 is 9.13 Å². The number of rotatable bonds is 8. The molecule has 0 fully saturated rings. The van der Waals surface area contributed by atoms with Gasteiger partial charge in [0.1, 0.15) is 5.82 Å². The van der Waals surface area contributed by atoms with Gasteiger partial charge >= 0.3 is 0 Å². The lowest BCUT2D eigenvalue weighted by Crippen LogP contribution is -2.31. The molecule has 0 spiro atoms. The lowest BCUT2D eigenvalue weighted by molar-refractivity contribution is 0.149. The minimum absolute atomic E-state index is 0.196. The first kappa shape index (κ1) is 13.9. The van der Waals surface area contributed by atoms with Crippen LogP contribution in [0.15, 0.2) is 24.3 Å². The summed E-state index contributed by atoms with van der Waals surface area (Å²) in [4.78, 5) is 2.02. The first-order chi connectivity index (χ1) is 8.24. The summed E-state index contributed by atoms with van der Waals surface area (Å²) < 4.78 is 18.2. The van der Waals surface area contributed by atoms with Crippen molar-refractivity contribution in [3.05, 3.63) is 30.1 Å². The molecule has 0 unspecified atom stereocenters. The molecule has 0 amide bonds. The molecular weight excluding hydrogens is 219 g/mol. The van der Waals surface area contributed by atoms with Gasteiger partial charge in [-0.05, 0) is 25.1 Å². The molecule has 0 radical (unpaired) electrons. The summed E-state index contributed by atoms with van der Waals surface area (Å²) in [6, 6.07) is 6.63. The summed E-state index contributed by atoms with van der Waals surface area (Å²) in [5, 5.41) is 3.28. The molecule has 17 heavy (non-hydrogen) atoms. The normalized spacial score (nSPS) is 10.5. The molecule has 0 saturated carbocycles. The van der Waals surface area contributed by atoms with Crippen LogP contribution in [0, 0.1) is 5.82 Å². The highest BCUT2D eigenvalue weighted by atomic mass is 19.1. The van der Waals surface area contributed by atoms with Crippen molar-refractivity contribution in [3.63, 3.8) is 0 Å². The highest BCUT2D eigenvalue weighted by Crippen LogP contribution is 2.12. The highest BCUT2D eigenvalue weighted by molar-refractivity contribution is 5.45. The Hall–Kier alpha value is -1.13. The number of nitrogens with one attached hydrogen (secondary N) is 1. The first-order valence-electron chi connectivity index (χ1n) is 5.99. The fourth-order valence-corrected chi connectivity index (χ4v) is 1.50. The zero-order valence-electron chi connectivity index (χ0n) is 10.6. The Morgan fingerprint density at radius 3 is 2.88 bits per heavy atom. The molecular formula is C13H21FN2O. The highest BCUT2D eigenvalue weighted by Gasteiger charge is 2.00. The van der Waals surface area contributed by atoms with Gasteiger partial charge < -0.3 is 15.0 Å². The fraction of sp³-hybridized carbons (Fsp3) is 0.538. The van der Waals surface area contributed by atoms with Gasteiger partial charge in [-0.15, -0.1) is 0 Å². The van der Waals surface area contributed by atoms with E-state index >= 15 is 0 Å². The van der Waals surface area contributed by atoms with E-state index in [-0.39, 0.29) is 5.82 Å². The fourth-order valence-electron chi connectivity index (χ4n) is 1.50. The van der Waals surface area contributed by atoms with Crippen molar-refractivity contribution in [1.29, 1.82) is 0 Å². The van der Waals surface area contributed by atoms with Gasteiger partial charge in [-0.1, -0.05) is 6.07 Å². The van der Waals surface area contributed by atoms with Crippen LogP contribution in [-0.4, -0.2) is 39.9 Å². The number of anilines is 1. The summed E-state index contributed by atoms with van der Waals surface area (Å²) in [7, 11) is 1.96. The van der Waals surface area contributed by atoms with Crippen molar-refractivity contribution in [3.8, 4) is 0 Å². The van der Waals surface area contributed by atoms with Crippen molar-refractivity contribution >= 4 is 5.69 Å². The van der Waals surface area contributed by atoms with Crippen molar-refractivity contribution in [2.24, 2.45) is 0 Å². The number of benzene rings is 1. The molecule has 0 saturated heterocycles. The van der Waals surface area contributed by atoms with Gasteiger partial charge in [0.05, 0.1) is 6.61 Å². The van der Waals surface area contributed by atoms with Crippen LogP contribution in [0.4, 0.5) is 10.1 Å². The van der Waals surface area contributed by atoms with Gasteiger partial charge in [0.25, 0.3) is 0 Å². The maximum atomic E-state index is 13.0. The molecule has 1 aromatic rings. The van der Waals surface area contributed by atoms with E-state index in [1.165, 1.54) is 6.07 Å². The molecule has 0 aromatic heterocycles. The Labute approximate surface area is 103 Å². The molecule has 0 aliphatic rings. The minimum atomic E-state index is -0.196. The standard InChI is InChI=1S/C13H21FN2O/c1-3-17-10-8-15-7-9-16(2)13-6-4-5-12(14)11-13/h4-6,11,15H,3,7-10H2,1-2H3. The molecule has 3 nitrogen and oxygen atoms in total. The SMILES string of the molecule is CCOCCNCCN(C)c1cccc(F)c1. The molecule has 0 bridgehead atoms. The van der Waals surface area contributed by atoms with E-state index in [1.54, 1.807) is 12.1 Å². The lowest BCUT2D eigenvalue weighted by Gasteiger charge is -2.19. The van der Waals surface area contributed by atoms with Crippen LogP contribution in [0.2, 0.25) is 0 Å². The van der Waals surface area contributed by atoms with Crippen molar-refractivity contribution in [2.45, 2.75) is 6.92 Å². The van der Waals surface area contributed by atoms with Crippen LogP contribution >= 0.6 is 0 Å². The van der Waals surface area contributed by atoms with E-state index in [0.717, 1.165) is 38.5 Å². The Kier molecular flexibility index (Phi) is 6.58. The smallest absolute Gasteiger partial charge is 0.125 e. The predicted molar refractivity (Wildman–Crippen MR) is 69.0 cm³/mol. The van der Waals surface area contributed by atoms with Gasteiger partial charge in [0.15, 0.2) is 0 Å². The summed E-state index contributed by atoms with van der Waals surface area (Å²) in [5.74, 6) is -0.196. The molecule has 0 aliphatic heterocycles. The summed E-state index contributed by atoms with van der Waals surface area (Å²) in [6.07, 6.45) is 0. The predicted octanol–water partition coefficient (Wildman–Crippen LogP) is 1.89. The number of halogens is 1. The van der Waals surface area contributed by atoms with E-state index in [2.05, 4.69) is 5.32 Å². The minimum Gasteiger partial charge on any atom is -0.380 e. The lowest BCUT2D eigenvalue weighted by atomic mass is 10.3. The molecule has 4 heteroatoms. The third-order valence-corrected chi connectivity index (χ3v) is 2.50. The Morgan fingerprint density at radius 2 is 2.18 bits per heavy atom. The second kappa shape index (κ2) is 8.03. The topological polar surface area (TPSA) is 24.5 Å². The number of ether oxygens (including phenoxy) is 1. The maximum absolute atomic E-state index is 13.0. The Balaban J connectivity index is 2.19. The molecule has 96 valence electrons. The Bertz CT molecular complexity index is 320. The monoisotopic (exact) mass is 240 g/mol. The van der Waals surface area contributed by atoms with Gasteiger partial charge in [0, 0.05) is 39.0 Å². The first-order valence-corrected chi connectivity index (χ1v) is 5.99. The molecule has 0 heterocycles. The second-order valence-electron chi connectivity index (χ2n) is 3.85. The summed E-state index contributed by atoms with van der Waals surface area (Å²) in [6.45, 7) is 6.03. The van der Waals surface area contributed by atoms with Crippen LogP contribution in [0.25, 0.3) is 0 Å². The van der Waals surface area contributed by atoms with Gasteiger partial charge in [-0.2, -0.15) is 0 Å². The number of likely N-dealkylation sites (N-methyl/N-ethyl adjacent to an activating group) is 1. The number of hydrogen-bond acceptors (Lipinski definition) is 3. The molecule has 1 aromatic carbocycles. The summed E-state index contributed by atoms with van der Waals surface area (Å²) in [5.41, 5.74) is 0.900. The van der Waals surface area contributed by atoms with Crippen LogP contribution in [0.1, 0.15) is 6.92 Å². The van der Waals surface area contributed by atoms with Crippen LogP contribution in [0.5, 0.6) is 0 Å². The molecule has 1 rings (SSSR count). The van der Waals surface area contributed by atoms with Crippen LogP contribution in [0.3, 0.4) is 0 Å². The van der Waals surface area contributed by atoms with Gasteiger partial charge in [-0.3, -0.25) is 0 Å². The maximum Gasteiger partial charge on any atom is 0.125 e. The van der Waals surface area contributed by atoms with E-state index in [1.807, 2.05) is 24.9 Å². The third-order valence-electron chi connectivity index (χ3n) is 2.50. The quantitative estimate of drug-likeness (QED) is 0.702. The van der Waals surface area contributed by atoms with Crippen molar-refractivity contribution in [2.75, 3.05) is 44.8 Å². The summed E-state index contributed by atoms with van der Waals surface area (Å²) >= 11 is 0. The second-order valence-corrected chi connectivity index (χ2v) is 3.85. The zero-order valence-corrected chi connectivity index (χ0v) is 10.6. The van der Waals surface area contributed by atoms with Crippen LogP contribution < -0.4 is 10.2 Å². The molecule has 1 N–H and O–H groups in total. The average Bonchev–Trinajstić information content (AvgIpc) is 2.33. The van der Waals surface area contributed by atoms with Gasteiger partial charge in [-0.25, -0.2) is 4.39 Å². The van der Waals surface area contributed by atoms with Gasteiger partial charge in [0.2, 0.25) is 0 Å². The third kappa shape index (κ3) is 5.65. The van der Waals surface area contributed by atoms with Crippen molar-refractivity contribution in [1.82, 2.24) is 5.32 Å². The molecule has 0 atom stereocenters. The number of hydrogen-bond donors (Lipinski definition) is 1. The van der Waals surface area contributed by atoms with E-state index < -0.39 is 0 Å². The number of nitrogens with zero attached hydrogens (tertiary/aromatic N) is 1.